The molecule has 1 N–H and O–H groups in total. The molecular formula is C10H9BrClNO3. The van der Waals surface area contributed by atoms with Crippen LogP contribution in [0.15, 0.2) is 18.2 Å². The van der Waals surface area contributed by atoms with Gasteiger partial charge in [-0.15, -0.1) is 0 Å². The predicted octanol–water partition coefficient (Wildman–Crippen LogP) is 2.64. The van der Waals surface area contributed by atoms with Crippen LogP contribution in [-0.2, 0) is 0 Å². The Kier molecular flexibility index (Phi) is 4.76. The standard InChI is InChI=1S/C10H9BrClNO3/c1-13-10(15)16-6-2-3-7(8(12)4-6)9(14)5-11/h2-4H,5H2,1H3,(H,13,15). The molecule has 6 heteroatoms. The molecule has 4 nitrogen and oxygen atoms in total. The molecule has 0 unspecified atom stereocenters. The van der Waals surface area contributed by atoms with Gasteiger partial charge in [-0.2, -0.15) is 0 Å². The highest BCUT2D eigenvalue weighted by Gasteiger charge is 2.11. The Morgan fingerprint density at radius 2 is 2.19 bits per heavy atom. The van der Waals surface area contributed by atoms with E-state index in [0.717, 1.165) is 0 Å². The quantitative estimate of drug-likeness (QED) is 0.690. The molecule has 16 heavy (non-hydrogen) atoms. The lowest BCUT2D eigenvalue weighted by molar-refractivity contribution is 0.102. The predicted molar refractivity (Wildman–Crippen MR) is 64.7 cm³/mol. The summed E-state index contributed by atoms with van der Waals surface area (Å²) in [5, 5.41) is 2.75. The zero-order chi connectivity index (χ0) is 12.1. The topological polar surface area (TPSA) is 55.4 Å². The minimum atomic E-state index is -0.587. The molecule has 1 aromatic rings. The number of hydrogen-bond donors (Lipinski definition) is 1. The SMILES string of the molecule is CNC(=O)Oc1ccc(C(=O)CBr)c(Cl)c1. The first kappa shape index (κ1) is 13.0. The van der Waals surface area contributed by atoms with Crippen molar-refractivity contribution in [3.8, 4) is 5.75 Å². The Labute approximate surface area is 106 Å². The second-order valence-electron chi connectivity index (χ2n) is 2.84. The summed E-state index contributed by atoms with van der Waals surface area (Å²) in [5.41, 5.74) is 0.391. The van der Waals surface area contributed by atoms with E-state index in [4.69, 9.17) is 16.3 Å². The Morgan fingerprint density at radius 3 is 2.69 bits per heavy atom. The molecule has 1 rings (SSSR count). The van der Waals surface area contributed by atoms with Gasteiger partial charge < -0.3 is 10.1 Å². The maximum absolute atomic E-state index is 11.4. The molecule has 0 fully saturated rings. The first-order valence-electron chi connectivity index (χ1n) is 4.36. The molecule has 1 aromatic carbocycles. The summed E-state index contributed by atoms with van der Waals surface area (Å²) in [4.78, 5) is 22.3. The normalized spacial score (nSPS) is 9.69. The maximum atomic E-state index is 11.4. The number of carbonyl (C=O) groups excluding carboxylic acids is 2. The lowest BCUT2D eigenvalue weighted by Crippen LogP contribution is -2.22. The monoisotopic (exact) mass is 305 g/mol. The average Bonchev–Trinajstić information content (AvgIpc) is 2.28. The van der Waals surface area contributed by atoms with Crippen LogP contribution in [0.4, 0.5) is 4.79 Å². The molecular weight excluding hydrogens is 297 g/mol. The van der Waals surface area contributed by atoms with Gasteiger partial charge in [0.25, 0.3) is 0 Å². The van der Waals surface area contributed by atoms with Crippen LogP contribution < -0.4 is 10.1 Å². The summed E-state index contributed by atoms with van der Waals surface area (Å²) in [6.07, 6.45) is -0.587. The van der Waals surface area contributed by atoms with E-state index in [1.165, 1.54) is 25.2 Å². The highest BCUT2D eigenvalue weighted by atomic mass is 79.9. The molecule has 0 radical (unpaired) electrons. The first-order chi connectivity index (χ1) is 7.58. The molecule has 0 saturated heterocycles. The Balaban J connectivity index is 2.91. The average molecular weight is 307 g/mol. The first-order valence-corrected chi connectivity index (χ1v) is 5.86. The molecule has 0 bridgehead atoms. The van der Waals surface area contributed by atoms with Gasteiger partial charge in [0.15, 0.2) is 5.78 Å². The van der Waals surface area contributed by atoms with E-state index in [9.17, 15) is 9.59 Å². The highest BCUT2D eigenvalue weighted by Crippen LogP contribution is 2.23. The molecule has 0 aliphatic rings. The molecule has 0 atom stereocenters. The number of halogens is 2. The van der Waals surface area contributed by atoms with Crippen molar-refractivity contribution in [2.24, 2.45) is 0 Å². The van der Waals surface area contributed by atoms with Crippen molar-refractivity contribution in [1.82, 2.24) is 5.32 Å². The van der Waals surface area contributed by atoms with Gasteiger partial charge in [-0.05, 0) is 12.1 Å². The van der Waals surface area contributed by atoms with E-state index in [0.29, 0.717) is 5.56 Å². The second-order valence-corrected chi connectivity index (χ2v) is 3.81. The summed E-state index contributed by atoms with van der Waals surface area (Å²) in [6, 6.07) is 4.45. The Morgan fingerprint density at radius 1 is 1.50 bits per heavy atom. The number of hydrogen-bond acceptors (Lipinski definition) is 3. The van der Waals surface area contributed by atoms with E-state index in [2.05, 4.69) is 21.2 Å². The van der Waals surface area contributed by atoms with Gasteiger partial charge in [0.2, 0.25) is 0 Å². The number of ketones is 1. The van der Waals surface area contributed by atoms with Crippen LogP contribution in [0.25, 0.3) is 0 Å². The number of amides is 1. The summed E-state index contributed by atoms with van der Waals surface area (Å²) in [6.45, 7) is 0. The fraction of sp³-hybridized carbons (Fsp3) is 0.200. The Bertz CT molecular complexity index is 423. The highest BCUT2D eigenvalue weighted by molar-refractivity contribution is 9.09. The number of alkyl halides is 1. The van der Waals surface area contributed by atoms with Crippen molar-refractivity contribution in [3.63, 3.8) is 0 Å². The van der Waals surface area contributed by atoms with Gasteiger partial charge in [-0.25, -0.2) is 4.79 Å². The van der Waals surface area contributed by atoms with Gasteiger partial charge >= 0.3 is 6.09 Å². The minimum Gasteiger partial charge on any atom is -0.410 e. The molecule has 0 saturated carbocycles. The Hall–Kier alpha value is -1.07. The summed E-state index contributed by atoms with van der Waals surface area (Å²) in [7, 11) is 1.45. The van der Waals surface area contributed by atoms with Crippen molar-refractivity contribution in [3.05, 3.63) is 28.8 Å². The fourth-order valence-electron chi connectivity index (χ4n) is 1.02. The lowest BCUT2D eigenvalue weighted by Gasteiger charge is -2.05. The molecule has 0 spiro atoms. The summed E-state index contributed by atoms with van der Waals surface area (Å²) in [5.74, 6) is 0.159. The molecule has 0 aromatic heterocycles. The maximum Gasteiger partial charge on any atom is 0.412 e. The van der Waals surface area contributed by atoms with Crippen molar-refractivity contribution < 1.29 is 14.3 Å². The zero-order valence-electron chi connectivity index (χ0n) is 8.42. The van der Waals surface area contributed by atoms with Crippen LogP contribution in [-0.4, -0.2) is 24.3 Å². The number of Topliss-reactive ketones (excluding diaryl/α,β-unsaturated/α-hetero) is 1. The summed E-state index contributed by atoms with van der Waals surface area (Å²) < 4.78 is 4.86. The zero-order valence-corrected chi connectivity index (χ0v) is 10.8. The minimum absolute atomic E-state index is 0.128. The molecule has 0 aliphatic heterocycles. The van der Waals surface area contributed by atoms with Crippen LogP contribution in [0, 0.1) is 0 Å². The van der Waals surface area contributed by atoms with E-state index in [1.54, 1.807) is 0 Å². The second kappa shape index (κ2) is 5.86. The smallest absolute Gasteiger partial charge is 0.410 e. The fourth-order valence-corrected chi connectivity index (χ4v) is 1.59. The van der Waals surface area contributed by atoms with Crippen LogP contribution in [0.1, 0.15) is 10.4 Å². The van der Waals surface area contributed by atoms with Crippen molar-refractivity contribution in [1.29, 1.82) is 0 Å². The largest absolute Gasteiger partial charge is 0.412 e. The number of benzene rings is 1. The van der Waals surface area contributed by atoms with Crippen LogP contribution >= 0.6 is 27.5 Å². The van der Waals surface area contributed by atoms with Gasteiger partial charge in [0, 0.05) is 18.7 Å². The van der Waals surface area contributed by atoms with E-state index < -0.39 is 6.09 Å². The summed E-state index contributed by atoms with van der Waals surface area (Å²) >= 11 is 8.93. The van der Waals surface area contributed by atoms with Crippen LogP contribution in [0.5, 0.6) is 5.75 Å². The van der Waals surface area contributed by atoms with Gasteiger partial charge in [-0.1, -0.05) is 27.5 Å². The van der Waals surface area contributed by atoms with Crippen LogP contribution in [0.3, 0.4) is 0 Å². The van der Waals surface area contributed by atoms with Gasteiger partial charge in [-0.3, -0.25) is 4.79 Å². The number of rotatable bonds is 3. The molecule has 0 aliphatic carbocycles. The van der Waals surface area contributed by atoms with Crippen molar-refractivity contribution >= 4 is 39.4 Å². The van der Waals surface area contributed by atoms with Crippen LogP contribution in [0.2, 0.25) is 5.02 Å². The van der Waals surface area contributed by atoms with E-state index >= 15 is 0 Å². The van der Waals surface area contributed by atoms with Crippen molar-refractivity contribution in [2.75, 3.05) is 12.4 Å². The molecule has 1 amide bonds. The third kappa shape index (κ3) is 3.21. The number of ether oxygens (including phenoxy) is 1. The third-order valence-electron chi connectivity index (χ3n) is 1.78. The lowest BCUT2D eigenvalue weighted by atomic mass is 10.1. The number of carbonyl (C=O) groups is 2. The number of nitrogens with one attached hydrogen (secondary N) is 1. The molecule has 86 valence electrons. The van der Waals surface area contributed by atoms with E-state index in [-0.39, 0.29) is 21.9 Å². The van der Waals surface area contributed by atoms with Crippen molar-refractivity contribution in [2.45, 2.75) is 0 Å². The molecule has 0 heterocycles. The van der Waals surface area contributed by atoms with E-state index in [1.807, 2.05) is 0 Å². The van der Waals surface area contributed by atoms with Gasteiger partial charge in [0.05, 0.1) is 10.4 Å². The third-order valence-corrected chi connectivity index (χ3v) is 2.60. The van der Waals surface area contributed by atoms with Gasteiger partial charge in [0.1, 0.15) is 5.75 Å².